The molecule has 3 aromatic rings. The minimum absolute atomic E-state index is 0.124. The van der Waals surface area contributed by atoms with E-state index in [1.165, 1.54) is 11.3 Å². The number of fused-ring (bicyclic) bond motifs is 1. The predicted molar refractivity (Wildman–Crippen MR) is 121 cm³/mol. The second kappa shape index (κ2) is 8.26. The van der Waals surface area contributed by atoms with Crippen molar-refractivity contribution in [1.29, 1.82) is 0 Å². The van der Waals surface area contributed by atoms with Crippen LogP contribution in [-0.2, 0) is 6.54 Å². The number of amides is 1. The number of hydrogen-bond acceptors (Lipinski definition) is 4. The first-order chi connectivity index (χ1) is 13.8. The van der Waals surface area contributed by atoms with Crippen molar-refractivity contribution < 1.29 is 4.79 Å². The second-order valence-corrected chi connectivity index (χ2v) is 9.67. The second-order valence-electron chi connectivity index (χ2n) is 7.80. The highest BCUT2D eigenvalue weighted by Gasteiger charge is 2.26. The van der Waals surface area contributed by atoms with E-state index in [0.717, 1.165) is 52.3 Å². The lowest BCUT2D eigenvalue weighted by molar-refractivity contribution is 0.0668. The average molecular weight is 451 g/mol. The molecule has 2 aromatic heterocycles. The fourth-order valence-electron chi connectivity index (χ4n) is 3.88. The highest BCUT2D eigenvalue weighted by molar-refractivity contribution is 7.20. The smallest absolute Gasteiger partial charge is 0.264 e. The maximum atomic E-state index is 13.1. The molecule has 0 aliphatic carbocycles. The Hall–Kier alpha value is -1.60. The van der Waals surface area contributed by atoms with E-state index in [1.807, 2.05) is 34.7 Å². The molecule has 0 bridgehead atoms. The largest absolute Gasteiger partial charge is 0.338 e. The first-order valence-electron chi connectivity index (χ1n) is 9.70. The predicted octanol–water partition coefficient (Wildman–Crippen LogP) is 4.93. The van der Waals surface area contributed by atoms with E-state index in [-0.39, 0.29) is 5.91 Å². The summed E-state index contributed by atoms with van der Waals surface area (Å²) in [5.74, 6) is 0.124. The monoisotopic (exact) mass is 450 g/mol. The topological polar surface area (TPSA) is 41.4 Å². The molecule has 0 saturated carbocycles. The summed E-state index contributed by atoms with van der Waals surface area (Å²) in [6.07, 6.45) is 2.04. The van der Waals surface area contributed by atoms with Crippen molar-refractivity contribution in [1.82, 2.24) is 19.6 Å². The van der Waals surface area contributed by atoms with E-state index in [1.54, 1.807) is 6.07 Å². The van der Waals surface area contributed by atoms with Crippen LogP contribution >= 0.6 is 34.5 Å². The van der Waals surface area contributed by atoms with Gasteiger partial charge in [0.2, 0.25) is 0 Å². The average Bonchev–Trinajstić information content (AvgIpc) is 3.25. The van der Waals surface area contributed by atoms with E-state index in [0.29, 0.717) is 22.6 Å². The molecule has 0 N–H and O–H groups in total. The van der Waals surface area contributed by atoms with E-state index in [4.69, 9.17) is 23.2 Å². The van der Waals surface area contributed by atoms with Crippen LogP contribution in [0.4, 0.5) is 0 Å². The molecular formula is C21H24Cl2N4OS. The molecule has 3 heterocycles. The Morgan fingerprint density at radius 2 is 1.97 bits per heavy atom. The summed E-state index contributed by atoms with van der Waals surface area (Å²) in [6, 6.07) is 8.04. The fraction of sp³-hybridized carbons (Fsp3) is 0.429. The zero-order valence-corrected chi connectivity index (χ0v) is 19.1. The number of aromatic nitrogens is 2. The first kappa shape index (κ1) is 20.7. The summed E-state index contributed by atoms with van der Waals surface area (Å²) in [5.41, 5.74) is 1.87. The number of rotatable bonds is 4. The van der Waals surface area contributed by atoms with Gasteiger partial charge in [0, 0.05) is 34.6 Å². The maximum Gasteiger partial charge on any atom is 0.264 e. The zero-order valence-electron chi connectivity index (χ0n) is 16.8. The van der Waals surface area contributed by atoms with Gasteiger partial charge >= 0.3 is 0 Å². The number of halogens is 2. The number of hydrogen-bond donors (Lipinski definition) is 0. The van der Waals surface area contributed by atoms with Crippen molar-refractivity contribution in [2.24, 2.45) is 0 Å². The molecule has 1 aliphatic heterocycles. The van der Waals surface area contributed by atoms with Crippen LogP contribution in [0.1, 0.15) is 33.8 Å². The number of carbonyl (C=O) groups is 1. The third-order valence-electron chi connectivity index (χ3n) is 5.64. The summed E-state index contributed by atoms with van der Waals surface area (Å²) in [7, 11) is 4.21. The third kappa shape index (κ3) is 4.17. The van der Waals surface area contributed by atoms with Gasteiger partial charge in [0.05, 0.1) is 17.1 Å². The third-order valence-corrected chi connectivity index (χ3v) is 7.36. The molecule has 8 heteroatoms. The molecule has 1 aromatic carbocycles. The zero-order chi connectivity index (χ0) is 20.7. The van der Waals surface area contributed by atoms with Crippen molar-refractivity contribution in [2.45, 2.75) is 32.4 Å². The molecule has 0 unspecified atom stereocenters. The van der Waals surface area contributed by atoms with Crippen molar-refractivity contribution in [2.75, 3.05) is 27.2 Å². The lowest BCUT2D eigenvalue weighted by atomic mass is 10.0. The lowest BCUT2D eigenvalue weighted by Crippen LogP contribution is -2.44. The number of nitrogens with zero attached hydrogens (tertiary/aromatic N) is 4. The molecule has 1 saturated heterocycles. The molecular weight excluding hydrogens is 427 g/mol. The summed E-state index contributed by atoms with van der Waals surface area (Å²) in [5, 5.41) is 6.92. The van der Waals surface area contributed by atoms with Gasteiger partial charge in [-0.3, -0.25) is 9.48 Å². The van der Waals surface area contributed by atoms with E-state index >= 15 is 0 Å². The Kier molecular flexibility index (Phi) is 5.89. The van der Waals surface area contributed by atoms with Crippen molar-refractivity contribution >= 4 is 50.7 Å². The quantitative estimate of drug-likeness (QED) is 0.565. The maximum absolute atomic E-state index is 13.1. The van der Waals surface area contributed by atoms with Gasteiger partial charge in [-0.15, -0.1) is 11.3 Å². The highest BCUT2D eigenvalue weighted by Crippen LogP contribution is 2.31. The Morgan fingerprint density at radius 1 is 1.24 bits per heavy atom. The van der Waals surface area contributed by atoms with Gasteiger partial charge in [0.15, 0.2) is 0 Å². The summed E-state index contributed by atoms with van der Waals surface area (Å²) < 4.78 is 1.93. The molecule has 0 spiro atoms. The molecule has 1 fully saturated rings. The first-order valence-corrected chi connectivity index (χ1v) is 11.3. The molecule has 5 nitrogen and oxygen atoms in total. The van der Waals surface area contributed by atoms with Gasteiger partial charge in [-0.1, -0.05) is 29.3 Å². The number of carbonyl (C=O) groups excluding carboxylic acids is 1. The standard InChI is InChI=1S/C21H24Cl2N4OS/c1-13-17-11-19(20(28)26-8-6-16(7-9-26)25(2)3)29-21(17)27(24-13)12-14-4-5-15(22)10-18(14)23/h4-5,10-11,16H,6-9,12H2,1-3H3. The summed E-state index contributed by atoms with van der Waals surface area (Å²) in [4.78, 5) is 19.1. The van der Waals surface area contributed by atoms with Crippen molar-refractivity contribution in [3.05, 3.63) is 50.4 Å². The number of aryl methyl sites for hydroxylation is 1. The Labute approximate surface area is 184 Å². The van der Waals surface area contributed by atoms with Gasteiger partial charge in [0.25, 0.3) is 5.91 Å². The van der Waals surface area contributed by atoms with Crippen LogP contribution in [0.15, 0.2) is 24.3 Å². The van der Waals surface area contributed by atoms with E-state index < -0.39 is 0 Å². The van der Waals surface area contributed by atoms with E-state index in [2.05, 4.69) is 24.1 Å². The van der Waals surface area contributed by atoms with Crippen LogP contribution in [0.2, 0.25) is 10.0 Å². The van der Waals surface area contributed by atoms with Gasteiger partial charge in [0.1, 0.15) is 4.83 Å². The fourth-order valence-corrected chi connectivity index (χ4v) is 5.47. The summed E-state index contributed by atoms with van der Waals surface area (Å²) in [6.45, 7) is 4.14. The van der Waals surface area contributed by atoms with Crippen LogP contribution in [0.3, 0.4) is 0 Å². The van der Waals surface area contributed by atoms with Gasteiger partial charge < -0.3 is 9.80 Å². The number of piperidine rings is 1. The van der Waals surface area contributed by atoms with E-state index in [9.17, 15) is 4.79 Å². The Balaban J connectivity index is 1.57. The highest BCUT2D eigenvalue weighted by atomic mass is 35.5. The molecule has 1 amide bonds. The minimum Gasteiger partial charge on any atom is -0.338 e. The number of likely N-dealkylation sites (tertiary alicyclic amines) is 1. The van der Waals surface area contributed by atoms with Crippen LogP contribution in [0, 0.1) is 6.92 Å². The van der Waals surface area contributed by atoms with Crippen LogP contribution in [0.5, 0.6) is 0 Å². The SMILES string of the molecule is Cc1nn(Cc2ccc(Cl)cc2Cl)c2sc(C(=O)N3CCC(N(C)C)CC3)cc12. The molecule has 0 radical (unpaired) electrons. The summed E-state index contributed by atoms with van der Waals surface area (Å²) >= 11 is 13.9. The van der Waals surface area contributed by atoms with Crippen molar-refractivity contribution in [3.63, 3.8) is 0 Å². The molecule has 1 aliphatic rings. The number of thiophene rings is 1. The normalized spacial score (nSPS) is 15.6. The Morgan fingerprint density at radius 3 is 2.62 bits per heavy atom. The van der Waals surface area contributed by atoms with Gasteiger partial charge in [-0.05, 0) is 57.6 Å². The van der Waals surface area contributed by atoms with Crippen LogP contribution < -0.4 is 0 Å². The Bertz CT molecular complexity index is 1050. The molecule has 0 atom stereocenters. The molecule has 29 heavy (non-hydrogen) atoms. The lowest BCUT2D eigenvalue weighted by Gasteiger charge is -2.35. The van der Waals surface area contributed by atoms with Crippen molar-refractivity contribution in [3.8, 4) is 0 Å². The van der Waals surface area contributed by atoms with Crippen LogP contribution in [0.25, 0.3) is 10.2 Å². The molecule has 4 rings (SSSR count). The van der Waals surface area contributed by atoms with Gasteiger partial charge in [-0.2, -0.15) is 5.10 Å². The minimum atomic E-state index is 0.124. The van der Waals surface area contributed by atoms with Gasteiger partial charge in [-0.25, -0.2) is 0 Å². The number of benzene rings is 1. The van der Waals surface area contributed by atoms with Crippen LogP contribution in [-0.4, -0.2) is 58.7 Å². The molecule has 154 valence electrons.